The van der Waals surface area contributed by atoms with Crippen LogP contribution in [0.4, 0.5) is 0 Å². The lowest BCUT2D eigenvalue weighted by molar-refractivity contribution is -0.145. The van der Waals surface area contributed by atoms with Crippen molar-refractivity contribution in [2.24, 2.45) is 0 Å². The third-order valence-corrected chi connectivity index (χ3v) is 2.88. The van der Waals surface area contributed by atoms with Crippen molar-refractivity contribution in [3.05, 3.63) is 29.8 Å². The molecule has 1 rings (SSSR count). The average molecular weight is 297 g/mol. The first-order valence-electron chi connectivity index (χ1n) is 6.35. The number of nitrogens with one attached hydrogen (secondary N) is 1. The van der Waals surface area contributed by atoms with E-state index in [4.69, 9.17) is 9.47 Å². The highest BCUT2D eigenvalue weighted by molar-refractivity contribution is 7.80. The van der Waals surface area contributed by atoms with E-state index >= 15 is 0 Å². The molecule has 0 fully saturated rings. The molecule has 0 saturated heterocycles. The first-order chi connectivity index (χ1) is 9.58. The topological polar surface area (TPSA) is 64.6 Å². The largest absolute Gasteiger partial charge is 0.465 e. The van der Waals surface area contributed by atoms with Gasteiger partial charge >= 0.3 is 11.9 Å². The van der Waals surface area contributed by atoms with Crippen molar-refractivity contribution < 1.29 is 19.1 Å². The minimum Gasteiger partial charge on any atom is -0.465 e. The zero-order valence-corrected chi connectivity index (χ0v) is 12.5. The van der Waals surface area contributed by atoms with Gasteiger partial charge in [0.15, 0.2) is 0 Å². The molecule has 1 atom stereocenters. The second-order valence-corrected chi connectivity index (χ2v) is 4.43. The van der Waals surface area contributed by atoms with Crippen LogP contribution < -0.4 is 10.1 Å². The molecule has 0 spiro atoms. The van der Waals surface area contributed by atoms with E-state index in [0.29, 0.717) is 24.7 Å². The van der Waals surface area contributed by atoms with Gasteiger partial charge in [-0.3, -0.25) is 14.9 Å². The fourth-order valence-corrected chi connectivity index (χ4v) is 1.88. The summed E-state index contributed by atoms with van der Waals surface area (Å²) >= 11 is 4.13. The van der Waals surface area contributed by atoms with Gasteiger partial charge in [0.2, 0.25) is 0 Å². The van der Waals surface area contributed by atoms with Crippen LogP contribution in [-0.2, 0) is 20.9 Å². The van der Waals surface area contributed by atoms with E-state index < -0.39 is 6.04 Å². The van der Waals surface area contributed by atoms with E-state index in [0.717, 1.165) is 5.56 Å². The molecule has 1 aromatic carbocycles. The SMILES string of the molecule is CCOC(=O)C(CS)NCc1ccccc1OC(C)=O. The number of para-hydroxylation sites is 1. The molecule has 0 aliphatic rings. The molecule has 6 heteroatoms. The Kier molecular flexibility index (Phi) is 7.11. The highest BCUT2D eigenvalue weighted by atomic mass is 32.1. The van der Waals surface area contributed by atoms with Crippen LogP contribution in [0.15, 0.2) is 24.3 Å². The van der Waals surface area contributed by atoms with Gasteiger partial charge < -0.3 is 9.47 Å². The molecule has 1 aromatic rings. The summed E-state index contributed by atoms with van der Waals surface area (Å²) in [6.45, 7) is 3.81. The third-order valence-electron chi connectivity index (χ3n) is 2.52. The van der Waals surface area contributed by atoms with Crippen LogP contribution in [0.2, 0.25) is 0 Å². The van der Waals surface area contributed by atoms with Gasteiger partial charge in [0.25, 0.3) is 0 Å². The van der Waals surface area contributed by atoms with Crippen LogP contribution in [0.25, 0.3) is 0 Å². The fourth-order valence-electron chi connectivity index (χ4n) is 1.60. The van der Waals surface area contributed by atoms with E-state index in [9.17, 15) is 9.59 Å². The highest BCUT2D eigenvalue weighted by Crippen LogP contribution is 2.18. The molecule has 0 saturated carbocycles. The summed E-state index contributed by atoms with van der Waals surface area (Å²) in [4.78, 5) is 22.7. The number of hydrogen-bond acceptors (Lipinski definition) is 6. The number of hydrogen-bond donors (Lipinski definition) is 2. The van der Waals surface area contributed by atoms with Gasteiger partial charge in [-0.05, 0) is 13.0 Å². The van der Waals surface area contributed by atoms with Gasteiger partial charge in [0.05, 0.1) is 6.61 Å². The maximum atomic E-state index is 11.6. The van der Waals surface area contributed by atoms with Crippen LogP contribution in [0.3, 0.4) is 0 Å². The molecule has 0 aliphatic carbocycles. The molecule has 0 radical (unpaired) electrons. The molecule has 1 unspecified atom stereocenters. The fraction of sp³-hybridized carbons (Fsp3) is 0.429. The number of ether oxygens (including phenoxy) is 2. The lowest BCUT2D eigenvalue weighted by Gasteiger charge is -2.16. The van der Waals surface area contributed by atoms with Crippen molar-refractivity contribution in [2.45, 2.75) is 26.4 Å². The van der Waals surface area contributed by atoms with Gasteiger partial charge in [-0.25, -0.2) is 0 Å². The second kappa shape index (κ2) is 8.60. The Morgan fingerprint density at radius 3 is 2.65 bits per heavy atom. The van der Waals surface area contributed by atoms with Crippen LogP contribution in [0.1, 0.15) is 19.4 Å². The number of carbonyl (C=O) groups is 2. The molecule has 0 bridgehead atoms. The Balaban J connectivity index is 2.68. The maximum Gasteiger partial charge on any atom is 0.323 e. The summed E-state index contributed by atoms with van der Waals surface area (Å²) in [5.74, 6) is 0.0875. The molecule has 110 valence electrons. The molecule has 5 nitrogen and oxygen atoms in total. The molecular formula is C14H19NO4S. The summed E-state index contributed by atoms with van der Waals surface area (Å²) in [6, 6.07) is 6.65. The van der Waals surface area contributed by atoms with Crippen molar-refractivity contribution in [2.75, 3.05) is 12.4 Å². The predicted molar refractivity (Wildman–Crippen MR) is 78.9 cm³/mol. The zero-order chi connectivity index (χ0) is 15.0. The van der Waals surface area contributed by atoms with Crippen LogP contribution in [0.5, 0.6) is 5.75 Å². The normalized spacial score (nSPS) is 11.8. The number of thiol groups is 1. The number of rotatable bonds is 7. The minimum absolute atomic E-state index is 0.328. The zero-order valence-electron chi connectivity index (χ0n) is 11.6. The lowest BCUT2D eigenvalue weighted by atomic mass is 10.2. The number of carbonyl (C=O) groups excluding carboxylic acids is 2. The van der Waals surface area contributed by atoms with Crippen molar-refractivity contribution in [3.8, 4) is 5.75 Å². The second-order valence-electron chi connectivity index (χ2n) is 4.07. The van der Waals surface area contributed by atoms with E-state index in [-0.39, 0.29) is 11.9 Å². The van der Waals surface area contributed by atoms with E-state index in [1.54, 1.807) is 19.1 Å². The third kappa shape index (κ3) is 5.22. The minimum atomic E-state index is -0.497. The standard InChI is InChI=1S/C14H19NO4S/c1-3-18-14(17)12(9-20)15-8-11-6-4-5-7-13(11)19-10(2)16/h4-7,12,15,20H,3,8-9H2,1-2H3. The number of benzene rings is 1. The quantitative estimate of drug-likeness (QED) is 0.454. The van der Waals surface area contributed by atoms with Crippen molar-refractivity contribution in [1.29, 1.82) is 0 Å². The summed E-state index contributed by atoms with van der Waals surface area (Å²) in [5, 5.41) is 3.04. The van der Waals surface area contributed by atoms with Crippen LogP contribution in [-0.4, -0.2) is 30.3 Å². The summed E-state index contributed by atoms with van der Waals surface area (Å²) < 4.78 is 10.0. The van der Waals surface area contributed by atoms with Gasteiger partial charge in [-0.2, -0.15) is 12.6 Å². The van der Waals surface area contributed by atoms with Gasteiger partial charge in [0, 0.05) is 24.8 Å². The summed E-state index contributed by atoms with van der Waals surface area (Å²) in [5.41, 5.74) is 0.791. The van der Waals surface area contributed by atoms with Gasteiger partial charge in [-0.15, -0.1) is 0 Å². The Labute approximate surface area is 124 Å². The van der Waals surface area contributed by atoms with Crippen molar-refractivity contribution in [1.82, 2.24) is 5.32 Å². The molecule has 0 heterocycles. The first-order valence-corrected chi connectivity index (χ1v) is 6.99. The van der Waals surface area contributed by atoms with Crippen LogP contribution >= 0.6 is 12.6 Å². The molecule has 20 heavy (non-hydrogen) atoms. The van der Waals surface area contributed by atoms with E-state index in [1.165, 1.54) is 6.92 Å². The average Bonchev–Trinajstić information content (AvgIpc) is 2.41. The van der Waals surface area contributed by atoms with E-state index in [1.807, 2.05) is 12.1 Å². The van der Waals surface area contributed by atoms with Crippen LogP contribution in [0, 0.1) is 0 Å². The van der Waals surface area contributed by atoms with E-state index in [2.05, 4.69) is 17.9 Å². The first kappa shape index (κ1) is 16.5. The monoisotopic (exact) mass is 297 g/mol. The van der Waals surface area contributed by atoms with Gasteiger partial charge in [-0.1, -0.05) is 18.2 Å². The smallest absolute Gasteiger partial charge is 0.323 e. The highest BCUT2D eigenvalue weighted by Gasteiger charge is 2.18. The van der Waals surface area contributed by atoms with Crippen molar-refractivity contribution >= 4 is 24.6 Å². The Morgan fingerprint density at radius 1 is 1.35 bits per heavy atom. The number of esters is 2. The van der Waals surface area contributed by atoms with Gasteiger partial charge in [0.1, 0.15) is 11.8 Å². The summed E-state index contributed by atoms with van der Waals surface area (Å²) in [7, 11) is 0. The lowest BCUT2D eigenvalue weighted by Crippen LogP contribution is -2.39. The maximum absolute atomic E-state index is 11.6. The Hall–Kier alpha value is -1.53. The van der Waals surface area contributed by atoms with Crippen molar-refractivity contribution in [3.63, 3.8) is 0 Å². The Morgan fingerprint density at radius 2 is 2.05 bits per heavy atom. The molecule has 1 N–H and O–H groups in total. The predicted octanol–water partition coefficient (Wildman–Crippen LogP) is 1.56. The summed E-state index contributed by atoms with van der Waals surface area (Å²) in [6.07, 6.45) is 0. The Bertz CT molecular complexity index is 464. The molecule has 0 aromatic heterocycles. The molecule has 0 aliphatic heterocycles. The molecular weight excluding hydrogens is 278 g/mol. The molecule has 0 amide bonds.